The molecule has 1 N–H and O–H groups in total. The molecule has 1 amide bonds. The zero-order valence-corrected chi connectivity index (χ0v) is 15.1. The zero-order valence-electron chi connectivity index (χ0n) is 13.5. The van der Waals surface area contributed by atoms with Gasteiger partial charge in [0.1, 0.15) is 5.60 Å². The van der Waals surface area contributed by atoms with Gasteiger partial charge in [0.15, 0.2) is 0 Å². The van der Waals surface area contributed by atoms with Crippen LogP contribution < -0.4 is 5.32 Å². The summed E-state index contributed by atoms with van der Waals surface area (Å²) in [7, 11) is 0. The van der Waals surface area contributed by atoms with Gasteiger partial charge in [0.05, 0.1) is 6.33 Å². The average Bonchev–Trinajstić information content (AvgIpc) is 2.85. The summed E-state index contributed by atoms with van der Waals surface area (Å²) >= 11 is 4.08. The van der Waals surface area contributed by atoms with Crippen molar-refractivity contribution in [3.05, 3.63) is 18.2 Å². The van der Waals surface area contributed by atoms with Gasteiger partial charge in [-0.3, -0.25) is 0 Å². The van der Waals surface area contributed by atoms with E-state index in [9.17, 15) is 4.79 Å². The summed E-state index contributed by atoms with van der Waals surface area (Å²) in [6.07, 6.45) is 4.18. The minimum absolute atomic E-state index is 0.363. The lowest BCUT2D eigenvalue weighted by Gasteiger charge is -2.22. The van der Waals surface area contributed by atoms with E-state index in [1.54, 1.807) is 0 Å². The molecule has 1 aromatic heterocycles. The van der Waals surface area contributed by atoms with E-state index in [1.165, 1.54) is 17.3 Å². The van der Waals surface area contributed by atoms with Crippen LogP contribution in [0.5, 0.6) is 0 Å². The number of alkyl carbamates (subject to hydrolysis) is 1. The van der Waals surface area contributed by atoms with Crippen LogP contribution in [0.4, 0.5) is 4.79 Å². The van der Waals surface area contributed by atoms with Crippen molar-refractivity contribution in [3.63, 3.8) is 0 Å². The van der Waals surface area contributed by atoms with Gasteiger partial charge in [0, 0.05) is 53.9 Å². The van der Waals surface area contributed by atoms with Crippen molar-refractivity contribution in [3.8, 4) is 0 Å². The lowest BCUT2D eigenvalue weighted by molar-refractivity contribution is 0.0528. The minimum Gasteiger partial charge on any atom is -0.444 e. The number of rotatable bonds is 5. The SMILES string of the molecule is CC(C)(C)OC(=O)NCCc1cncn1CC1CSCCS1. The Hall–Kier alpha value is -0.820. The van der Waals surface area contributed by atoms with Crippen molar-refractivity contribution in [2.45, 2.75) is 44.6 Å². The van der Waals surface area contributed by atoms with Gasteiger partial charge in [-0.2, -0.15) is 23.5 Å². The molecule has 1 aliphatic heterocycles. The highest BCUT2D eigenvalue weighted by Crippen LogP contribution is 2.25. The predicted molar refractivity (Wildman–Crippen MR) is 93.7 cm³/mol. The third kappa shape index (κ3) is 6.12. The van der Waals surface area contributed by atoms with Crippen molar-refractivity contribution >= 4 is 29.6 Å². The number of thioether (sulfide) groups is 2. The Balaban J connectivity index is 1.76. The maximum Gasteiger partial charge on any atom is 0.407 e. The molecule has 1 aromatic rings. The second kappa shape index (κ2) is 8.15. The fraction of sp³-hybridized carbons (Fsp3) is 0.733. The molecular weight excluding hydrogens is 318 g/mol. The molecule has 1 fully saturated rings. The number of amides is 1. The first-order valence-corrected chi connectivity index (χ1v) is 9.79. The van der Waals surface area contributed by atoms with Crippen LogP contribution in [0.2, 0.25) is 0 Å². The van der Waals surface area contributed by atoms with Crippen LogP contribution in [-0.4, -0.2) is 50.3 Å². The van der Waals surface area contributed by atoms with Crippen molar-refractivity contribution in [2.75, 3.05) is 23.8 Å². The predicted octanol–water partition coefficient (Wildman–Crippen LogP) is 2.80. The molecule has 124 valence electrons. The van der Waals surface area contributed by atoms with Crippen LogP contribution in [0.25, 0.3) is 0 Å². The van der Waals surface area contributed by atoms with E-state index in [1.807, 2.05) is 56.8 Å². The maximum atomic E-state index is 11.6. The summed E-state index contributed by atoms with van der Waals surface area (Å²) < 4.78 is 7.44. The van der Waals surface area contributed by atoms with Gasteiger partial charge < -0.3 is 14.6 Å². The summed E-state index contributed by atoms with van der Waals surface area (Å²) in [5.41, 5.74) is 0.703. The van der Waals surface area contributed by atoms with Crippen molar-refractivity contribution in [1.82, 2.24) is 14.9 Å². The highest BCUT2D eigenvalue weighted by atomic mass is 32.2. The lowest BCUT2D eigenvalue weighted by Crippen LogP contribution is -2.33. The molecule has 0 aliphatic carbocycles. The molecule has 1 unspecified atom stereocenters. The third-order valence-electron chi connectivity index (χ3n) is 3.13. The molecule has 7 heteroatoms. The number of aromatic nitrogens is 2. The first-order chi connectivity index (χ1) is 10.4. The summed E-state index contributed by atoms with van der Waals surface area (Å²) in [6, 6.07) is 0. The van der Waals surface area contributed by atoms with Crippen LogP contribution >= 0.6 is 23.5 Å². The van der Waals surface area contributed by atoms with Crippen LogP contribution in [0.3, 0.4) is 0 Å². The van der Waals surface area contributed by atoms with Crippen molar-refractivity contribution in [1.29, 1.82) is 0 Å². The molecule has 1 saturated heterocycles. The second-order valence-electron chi connectivity index (χ2n) is 6.28. The van der Waals surface area contributed by atoms with Gasteiger partial charge in [-0.25, -0.2) is 9.78 Å². The lowest BCUT2D eigenvalue weighted by atomic mass is 10.2. The second-order valence-corrected chi connectivity index (χ2v) is 8.84. The largest absolute Gasteiger partial charge is 0.444 e. The monoisotopic (exact) mass is 343 g/mol. The first-order valence-electron chi connectivity index (χ1n) is 7.59. The van der Waals surface area contributed by atoms with E-state index < -0.39 is 5.60 Å². The van der Waals surface area contributed by atoms with E-state index >= 15 is 0 Å². The van der Waals surface area contributed by atoms with Crippen LogP contribution in [0, 0.1) is 0 Å². The molecule has 2 rings (SSSR count). The molecule has 1 aliphatic rings. The molecule has 0 radical (unpaired) electrons. The van der Waals surface area contributed by atoms with Crippen LogP contribution in [-0.2, 0) is 17.7 Å². The molecule has 1 atom stereocenters. The minimum atomic E-state index is -0.457. The summed E-state index contributed by atoms with van der Waals surface area (Å²) in [6.45, 7) is 7.15. The molecular formula is C15H25N3O2S2. The van der Waals surface area contributed by atoms with Crippen molar-refractivity contribution < 1.29 is 9.53 Å². The van der Waals surface area contributed by atoms with E-state index in [4.69, 9.17) is 4.74 Å². The number of carbonyl (C=O) groups is 1. The Labute approximate surface area is 141 Å². The maximum absolute atomic E-state index is 11.6. The third-order valence-corrected chi connectivity index (χ3v) is 5.96. The number of hydrogen-bond donors (Lipinski definition) is 1. The van der Waals surface area contributed by atoms with E-state index in [2.05, 4.69) is 14.9 Å². The van der Waals surface area contributed by atoms with Gasteiger partial charge in [-0.05, 0) is 20.8 Å². The summed E-state index contributed by atoms with van der Waals surface area (Å²) in [5.74, 6) is 3.70. The summed E-state index contributed by atoms with van der Waals surface area (Å²) in [5, 5.41) is 3.45. The fourth-order valence-electron chi connectivity index (χ4n) is 2.19. The Kier molecular flexibility index (Phi) is 6.50. The molecule has 2 heterocycles. The standard InChI is InChI=1S/C15H25N3O2S2/c1-15(2,3)20-14(19)17-5-4-12-8-16-11-18(12)9-13-10-21-6-7-22-13/h8,11,13H,4-7,9-10H2,1-3H3,(H,17,19). The van der Waals surface area contributed by atoms with Gasteiger partial charge in [-0.1, -0.05) is 0 Å². The first kappa shape index (κ1) is 17.5. The zero-order chi connectivity index (χ0) is 16.0. The van der Waals surface area contributed by atoms with E-state index in [0.717, 1.165) is 18.7 Å². The number of nitrogens with one attached hydrogen (secondary N) is 1. The molecule has 5 nitrogen and oxygen atoms in total. The molecule has 0 bridgehead atoms. The Morgan fingerprint density at radius 1 is 1.50 bits per heavy atom. The number of imidazole rings is 1. The number of ether oxygens (including phenoxy) is 1. The van der Waals surface area contributed by atoms with Crippen molar-refractivity contribution in [2.24, 2.45) is 0 Å². The smallest absolute Gasteiger partial charge is 0.407 e. The normalized spacial score (nSPS) is 19.0. The van der Waals surface area contributed by atoms with Crippen LogP contribution in [0.15, 0.2) is 12.5 Å². The van der Waals surface area contributed by atoms with Crippen LogP contribution in [0.1, 0.15) is 26.5 Å². The molecule has 0 spiro atoms. The fourth-order valence-corrected chi connectivity index (χ4v) is 4.85. The Morgan fingerprint density at radius 2 is 2.32 bits per heavy atom. The van der Waals surface area contributed by atoms with E-state index in [-0.39, 0.29) is 6.09 Å². The number of carbonyl (C=O) groups excluding carboxylic acids is 1. The van der Waals surface area contributed by atoms with Gasteiger partial charge in [0.25, 0.3) is 0 Å². The molecule has 0 saturated carbocycles. The Bertz CT molecular complexity index is 479. The number of nitrogens with zero attached hydrogens (tertiary/aromatic N) is 2. The van der Waals surface area contributed by atoms with Gasteiger partial charge in [-0.15, -0.1) is 0 Å². The van der Waals surface area contributed by atoms with Gasteiger partial charge >= 0.3 is 6.09 Å². The quantitative estimate of drug-likeness (QED) is 0.891. The van der Waals surface area contributed by atoms with Gasteiger partial charge in [0.2, 0.25) is 0 Å². The Morgan fingerprint density at radius 3 is 3.00 bits per heavy atom. The average molecular weight is 344 g/mol. The highest BCUT2D eigenvalue weighted by Gasteiger charge is 2.17. The van der Waals surface area contributed by atoms with E-state index in [0.29, 0.717) is 11.8 Å². The molecule has 22 heavy (non-hydrogen) atoms. The molecule has 0 aromatic carbocycles. The number of hydrogen-bond acceptors (Lipinski definition) is 5. The summed E-state index contributed by atoms with van der Waals surface area (Å²) in [4.78, 5) is 15.9. The highest BCUT2D eigenvalue weighted by molar-refractivity contribution is 8.06. The topological polar surface area (TPSA) is 56.1 Å².